The van der Waals surface area contributed by atoms with E-state index >= 15 is 0 Å². The van der Waals surface area contributed by atoms with Crippen LogP contribution in [0.2, 0.25) is 0 Å². The lowest BCUT2D eigenvalue weighted by atomic mass is 10.1. The molecule has 0 spiro atoms. The van der Waals surface area contributed by atoms with E-state index < -0.39 is 0 Å². The molecule has 0 aliphatic rings. The van der Waals surface area contributed by atoms with E-state index in [4.69, 9.17) is 0 Å². The predicted octanol–water partition coefficient (Wildman–Crippen LogP) is 3.12. The van der Waals surface area contributed by atoms with Gasteiger partial charge >= 0.3 is 0 Å². The molecule has 0 aromatic rings. The van der Waals surface area contributed by atoms with Crippen LogP contribution < -0.4 is 5.32 Å². The molecule has 0 fully saturated rings. The van der Waals surface area contributed by atoms with Crippen LogP contribution in [0.5, 0.6) is 0 Å². The van der Waals surface area contributed by atoms with Gasteiger partial charge < -0.3 is 5.32 Å². The van der Waals surface area contributed by atoms with Gasteiger partial charge in [-0.3, -0.25) is 0 Å². The summed E-state index contributed by atoms with van der Waals surface area (Å²) in [7, 11) is 0. The lowest BCUT2D eigenvalue weighted by Crippen LogP contribution is -2.16. The maximum Gasteiger partial charge on any atom is 0.0159 e. The highest BCUT2D eigenvalue weighted by atomic mass is 14.8. The molecule has 1 nitrogen and oxygen atoms in total. The Morgan fingerprint density at radius 2 is 1.83 bits per heavy atom. The van der Waals surface area contributed by atoms with E-state index in [1.165, 1.54) is 37.7 Å². The Morgan fingerprint density at radius 3 is 2.42 bits per heavy atom. The molecule has 0 bridgehead atoms. The van der Waals surface area contributed by atoms with Crippen molar-refractivity contribution in [1.82, 2.24) is 5.32 Å². The van der Waals surface area contributed by atoms with Gasteiger partial charge in [0.05, 0.1) is 0 Å². The van der Waals surface area contributed by atoms with E-state index in [1.54, 1.807) is 0 Å². The van der Waals surface area contributed by atoms with Crippen LogP contribution >= 0.6 is 0 Å². The summed E-state index contributed by atoms with van der Waals surface area (Å²) in [4.78, 5) is 0. The molecule has 0 heterocycles. The smallest absolute Gasteiger partial charge is 0.0159 e. The highest BCUT2D eigenvalue weighted by Gasteiger charge is 1.89. The summed E-state index contributed by atoms with van der Waals surface area (Å²) in [5.41, 5.74) is 1.23. The van der Waals surface area contributed by atoms with Gasteiger partial charge in [-0.1, -0.05) is 44.8 Å². The third-order valence-electron chi connectivity index (χ3n) is 1.88. The second-order valence-electron chi connectivity index (χ2n) is 3.55. The molecular weight excluding hydrogens is 146 g/mol. The molecule has 0 saturated heterocycles. The summed E-state index contributed by atoms with van der Waals surface area (Å²) < 4.78 is 0. The first-order valence-corrected chi connectivity index (χ1v) is 5.12. The van der Waals surface area contributed by atoms with E-state index in [1.807, 2.05) is 0 Å². The molecule has 0 unspecified atom stereocenters. The quantitative estimate of drug-likeness (QED) is 0.435. The van der Waals surface area contributed by atoms with E-state index in [2.05, 4.69) is 25.7 Å². The van der Waals surface area contributed by atoms with Gasteiger partial charge in [-0.25, -0.2) is 0 Å². The average Bonchev–Trinajstić information content (AvgIpc) is 2.02. The van der Waals surface area contributed by atoms with E-state index in [-0.39, 0.29) is 0 Å². The summed E-state index contributed by atoms with van der Waals surface area (Å²) in [6.07, 6.45) is 6.80. The third-order valence-corrected chi connectivity index (χ3v) is 1.88. The van der Waals surface area contributed by atoms with Gasteiger partial charge in [0.15, 0.2) is 0 Å². The monoisotopic (exact) mass is 169 g/mol. The van der Waals surface area contributed by atoms with Gasteiger partial charge in [-0.05, 0) is 19.9 Å². The summed E-state index contributed by atoms with van der Waals surface area (Å²) in [5, 5.41) is 3.36. The van der Waals surface area contributed by atoms with Crippen molar-refractivity contribution in [3.05, 3.63) is 12.2 Å². The summed E-state index contributed by atoms with van der Waals surface area (Å²) in [6.45, 7) is 10.3. The Morgan fingerprint density at radius 1 is 1.17 bits per heavy atom. The first-order valence-electron chi connectivity index (χ1n) is 5.12. The molecular formula is C11H23N. The molecule has 0 aromatic heterocycles. The fourth-order valence-electron chi connectivity index (χ4n) is 1.16. The van der Waals surface area contributed by atoms with Crippen LogP contribution in [0, 0.1) is 0 Å². The normalized spacial score (nSPS) is 10.2. The Bertz CT molecular complexity index is 108. The zero-order valence-electron chi connectivity index (χ0n) is 8.66. The Labute approximate surface area is 77.2 Å². The van der Waals surface area contributed by atoms with Gasteiger partial charge in [-0.15, -0.1) is 0 Å². The minimum absolute atomic E-state index is 0.980. The molecule has 1 N–H and O–H groups in total. The van der Waals surface area contributed by atoms with Crippen molar-refractivity contribution in [2.75, 3.05) is 13.1 Å². The zero-order valence-corrected chi connectivity index (χ0v) is 8.66. The molecule has 0 aromatic carbocycles. The first-order chi connectivity index (χ1) is 5.77. The van der Waals surface area contributed by atoms with Crippen LogP contribution in [-0.2, 0) is 0 Å². The van der Waals surface area contributed by atoms with Crippen LogP contribution in [-0.4, -0.2) is 13.1 Å². The predicted molar refractivity (Wildman–Crippen MR) is 56.4 cm³/mol. The van der Waals surface area contributed by atoms with Crippen molar-refractivity contribution < 1.29 is 0 Å². The van der Waals surface area contributed by atoms with Crippen LogP contribution in [0.15, 0.2) is 12.2 Å². The van der Waals surface area contributed by atoms with Crippen molar-refractivity contribution >= 4 is 0 Å². The molecule has 72 valence electrons. The van der Waals surface area contributed by atoms with Crippen molar-refractivity contribution in [2.45, 2.75) is 46.0 Å². The highest BCUT2D eigenvalue weighted by molar-refractivity contribution is 4.90. The standard InChI is InChI=1S/C11H23N/c1-4-5-6-7-8-9-12-10-11(2)3/h12H,2,4-10H2,1,3H3. The summed E-state index contributed by atoms with van der Waals surface area (Å²) in [6, 6.07) is 0. The van der Waals surface area contributed by atoms with Crippen molar-refractivity contribution in [1.29, 1.82) is 0 Å². The lowest BCUT2D eigenvalue weighted by Gasteiger charge is -2.03. The number of unbranched alkanes of at least 4 members (excludes halogenated alkanes) is 4. The van der Waals surface area contributed by atoms with Crippen LogP contribution in [0.4, 0.5) is 0 Å². The Kier molecular flexibility index (Phi) is 8.57. The van der Waals surface area contributed by atoms with Gasteiger partial charge in [0, 0.05) is 6.54 Å². The average molecular weight is 169 g/mol. The fraction of sp³-hybridized carbons (Fsp3) is 0.818. The highest BCUT2D eigenvalue weighted by Crippen LogP contribution is 2.00. The van der Waals surface area contributed by atoms with E-state index in [0.29, 0.717) is 0 Å². The molecule has 0 radical (unpaired) electrons. The van der Waals surface area contributed by atoms with E-state index in [9.17, 15) is 0 Å². The topological polar surface area (TPSA) is 12.0 Å². The number of rotatable bonds is 8. The van der Waals surface area contributed by atoms with Gasteiger partial charge in [0.25, 0.3) is 0 Å². The second-order valence-corrected chi connectivity index (χ2v) is 3.55. The second kappa shape index (κ2) is 8.79. The molecule has 0 saturated carbocycles. The Balaban J connectivity index is 2.86. The van der Waals surface area contributed by atoms with Gasteiger partial charge in [0.1, 0.15) is 0 Å². The lowest BCUT2D eigenvalue weighted by molar-refractivity contribution is 0.597. The SMILES string of the molecule is C=C(C)CNCCCCCCC. The molecule has 0 amide bonds. The molecule has 0 aliphatic heterocycles. The number of nitrogens with one attached hydrogen (secondary N) is 1. The maximum atomic E-state index is 3.84. The van der Waals surface area contributed by atoms with Crippen LogP contribution in [0.1, 0.15) is 46.0 Å². The number of hydrogen-bond donors (Lipinski definition) is 1. The van der Waals surface area contributed by atoms with Crippen LogP contribution in [0.25, 0.3) is 0 Å². The molecule has 0 atom stereocenters. The minimum atomic E-state index is 0.980. The molecule has 1 heteroatoms. The third kappa shape index (κ3) is 9.70. The molecule has 0 rings (SSSR count). The van der Waals surface area contributed by atoms with Crippen molar-refractivity contribution in [3.8, 4) is 0 Å². The molecule has 12 heavy (non-hydrogen) atoms. The fourth-order valence-corrected chi connectivity index (χ4v) is 1.16. The Hall–Kier alpha value is -0.300. The zero-order chi connectivity index (χ0) is 9.23. The van der Waals surface area contributed by atoms with E-state index in [0.717, 1.165) is 13.1 Å². The summed E-state index contributed by atoms with van der Waals surface area (Å²) in [5.74, 6) is 0. The maximum absolute atomic E-state index is 3.84. The van der Waals surface area contributed by atoms with Crippen molar-refractivity contribution in [3.63, 3.8) is 0 Å². The van der Waals surface area contributed by atoms with Gasteiger partial charge in [0.2, 0.25) is 0 Å². The minimum Gasteiger partial charge on any atom is -0.313 e. The first kappa shape index (κ1) is 11.7. The summed E-state index contributed by atoms with van der Waals surface area (Å²) >= 11 is 0. The van der Waals surface area contributed by atoms with Gasteiger partial charge in [-0.2, -0.15) is 0 Å². The molecule has 0 aliphatic carbocycles. The van der Waals surface area contributed by atoms with Crippen molar-refractivity contribution in [2.24, 2.45) is 0 Å². The van der Waals surface area contributed by atoms with Crippen LogP contribution in [0.3, 0.4) is 0 Å². The largest absolute Gasteiger partial charge is 0.313 e. The number of hydrogen-bond acceptors (Lipinski definition) is 1.